The third kappa shape index (κ3) is 3.85. The van der Waals surface area contributed by atoms with Crippen LogP contribution >= 0.6 is 11.8 Å². The number of rotatable bonds is 6. The van der Waals surface area contributed by atoms with Crippen LogP contribution < -0.4 is 5.32 Å². The zero-order chi connectivity index (χ0) is 14.7. The molecule has 1 saturated carbocycles. The van der Waals surface area contributed by atoms with Gasteiger partial charge in [0.25, 0.3) is 5.22 Å². The van der Waals surface area contributed by atoms with E-state index < -0.39 is 0 Å². The first-order valence-corrected chi connectivity index (χ1v) is 8.00. The van der Waals surface area contributed by atoms with Crippen LogP contribution in [0.3, 0.4) is 0 Å². The van der Waals surface area contributed by atoms with Crippen LogP contribution in [0.2, 0.25) is 0 Å². The number of benzene rings is 1. The summed E-state index contributed by atoms with van der Waals surface area (Å²) in [4.78, 5) is 11.7. The molecule has 1 aromatic heterocycles. The number of aryl methyl sites for hydroxylation is 1. The zero-order valence-electron chi connectivity index (χ0n) is 11.8. The van der Waals surface area contributed by atoms with Crippen molar-refractivity contribution in [3.63, 3.8) is 0 Å². The number of amides is 1. The van der Waals surface area contributed by atoms with Crippen LogP contribution in [0.5, 0.6) is 0 Å². The summed E-state index contributed by atoms with van der Waals surface area (Å²) in [6.45, 7) is 2.79. The Morgan fingerprint density at radius 1 is 1.38 bits per heavy atom. The third-order valence-electron chi connectivity index (χ3n) is 3.39. The van der Waals surface area contributed by atoms with Crippen LogP contribution in [-0.4, -0.2) is 28.4 Å². The second kappa shape index (κ2) is 6.30. The van der Waals surface area contributed by atoms with E-state index in [1.54, 1.807) is 0 Å². The molecule has 0 unspecified atom stereocenters. The largest absolute Gasteiger partial charge is 0.411 e. The first-order valence-electron chi connectivity index (χ1n) is 7.01. The highest BCUT2D eigenvalue weighted by Gasteiger charge is 2.21. The molecule has 0 radical (unpaired) electrons. The van der Waals surface area contributed by atoms with Crippen molar-refractivity contribution in [2.24, 2.45) is 5.92 Å². The van der Waals surface area contributed by atoms with Gasteiger partial charge in [-0.25, -0.2) is 0 Å². The fourth-order valence-electron chi connectivity index (χ4n) is 1.95. The van der Waals surface area contributed by atoms with Crippen molar-refractivity contribution >= 4 is 17.7 Å². The number of carbonyl (C=O) groups excluding carboxylic acids is 1. The van der Waals surface area contributed by atoms with Gasteiger partial charge in [0.1, 0.15) is 0 Å². The molecule has 1 aliphatic carbocycles. The Hall–Kier alpha value is -1.82. The summed E-state index contributed by atoms with van der Waals surface area (Å²) in [5, 5.41) is 11.4. The summed E-state index contributed by atoms with van der Waals surface area (Å²) in [5.74, 6) is 1.51. The van der Waals surface area contributed by atoms with Gasteiger partial charge < -0.3 is 9.73 Å². The minimum atomic E-state index is 0.0162. The zero-order valence-corrected chi connectivity index (χ0v) is 12.7. The normalized spacial score (nSPS) is 14.1. The SMILES string of the molecule is Cc1ccccc1-c1nnc(SCC(=O)NCC2CC2)o1. The van der Waals surface area contributed by atoms with Crippen LogP contribution in [0.15, 0.2) is 33.9 Å². The quantitative estimate of drug-likeness (QED) is 0.831. The highest BCUT2D eigenvalue weighted by Crippen LogP contribution is 2.28. The number of hydrogen-bond donors (Lipinski definition) is 1. The molecule has 110 valence electrons. The Kier molecular flexibility index (Phi) is 4.24. The molecule has 1 aromatic carbocycles. The van der Waals surface area contributed by atoms with E-state index in [2.05, 4.69) is 15.5 Å². The molecule has 2 aromatic rings. The predicted molar refractivity (Wildman–Crippen MR) is 80.9 cm³/mol. The Bertz CT molecular complexity index is 637. The molecular formula is C15H17N3O2S. The standard InChI is InChI=1S/C15H17N3O2S/c1-10-4-2-3-5-12(10)14-17-18-15(20-14)21-9-13(19)16-8-11-6-7-11/h2-5,11H,6-9H2,1H3,(H,16,19). The van der Waals surface area contributed by atoms with Crippen molar-refractivity contribution < 1.29 is 9.21 Å². The number of hydrogen-bond acceptors (Lipinski definition) is 5. The van der Waals surface area contributed by atoms with Gasteiger partial charge in [-0.3, -0.25) is 4.79 Å². The van der Waals surface area contributed by atoms with Gasteiger partial charge in [-0.1, -0.05) is 30.0 Å². The molecule has 0 atom stereocenters. The van der Waals surface area contributed by atoms with Gasteiger partial charge >= 0.3 is 0 Å². The minimum Gasteiger partial charge on any atom is -0.411 e. The monoisotopic (exact) mass is 303 g/mol. The van der Waals surface area contributed by atoms with Crippen molar-refractivity contribution in [3.05, 3.63) is 29.8 Å². The molecule has 0 bridgehead atoms. The molecule has 1 fully saturated rings. The molecule has 5 nitrogen and oxygen atoms in total. The second-order valence-corrected chi connectivity index (χ2v) is 6.15. The van der Waals surface area contributed by atoms with Gasteiger partial charge in [-0.15, -0.1) is 10.2 Å². The topological polar surface area (TPSA) is 68.0 Å². The van der Waals surface area contributed by atoms with Crippen molar-refractivity contribution in [2.45, 2.75) is 25.0 Å². The van der Waals surface area contributed by atoms with Crippen LogP contribution in [0.25, 0.3) is 11.5 Å². The van der Waals surface area contributed by atoms with Gasteiger partial charge in [-0.2, -0.15) is 0 Å². The van der Waals surface area contributed by atoms with Gasteiger partial charge in [0, 0.05) is 12.1 Å². The fraction of sp³-hybridized carbons (Fsp3) is 0.400. The van der Waals surface area contributed by atoms with Crippen molar-refractivity contribution in [1.82, 2.24) is 15.5 Å². The molecule has 1 aliphatic rings. The Morgan fingerprint density at radius 2 is 2.19 bits per heavy atom. The van der Waals surface area contributed by atoms with E-state index in [4.69, 9.17) is 4.42 Å². The Labute approximate surface area is 127 Å². The number of thioether (sulfide) groups is 1. The van der Waals surface area contributed by atoms with Gasteiger partial charge in [0.15, 0.2) is 0 Å². The average Bonchev–Trinajstić information content (AvgIpc) is 3.20. The van der Waals surface area contributed by atoms with Gasteiger partial charge in [-0.05, 0) is 37.3 Å². The predicted octanol–water partition coefficient (Wildman–Crippen LogP) is 2.66. The molecule has 1 heterocycles. The van der Waals surface area contributed by atoms with E-state index in [9.17, 15) is 4.79 Å². The lowest BCUT2D eigenvalue weighted by molar-refractivity contribution is -0.118. The van der Waals surface area contributed by atoms with Gasteiger partial charge in [0.05, 0.1) is 5.75 Å². The van der Waals surface area contributed by atoms with Crippen molar-refractivity contribution in [1.29, 1.82) is 0 Å². The molecule has 21 heavy (non-hydrogen) atoms. The lowest BCUT2D eigenvalue weighted by Gasteiger charge is -2.01. The number of aromatic nitrogens is 2. The summed E-state index contributed by atoms with van der Waals surface area (Å²) >= 11 is 1.27. The first kappa shape index (κ1) is 14.1. The lowest BCUT2D eigenvalue weighted by atomic mass is 10.1. The smallest absolute Gasteiger partial charge is 0.277 e. The third-order valence-corrected chi connectivity index (χ3v) is 4.21. The number of nitrogens with zero attached hydrogens (tertiary/aromatic N) is 2. The maximum atomic E-state index is 11.7. The Morgan fingerprint density at radius 3 is 2.95 bits per heavy atom. The van der Waals surface area contributed by atoms with E-state index in [-0.39, 0.29) is 5.91 Å². The molecule has 0 saturated heterocycles. The molecule has 6 heteroatoms. The lowest BCUT2D eigenvalue weighted by Crippen LogP contribution is -2.27. The maximum absolute atomic E-state index is 11.7. The molecule has 1 amide bonds. The maximum Gasteiger partial charge on any atom is 0.277 e. The number of nitrogens with one attached hydrogen (secondary N) is 1. The molecule has 0 aliphatic heterocycles. The summed E-state index contributed by atoms with van der Waals surface area (Å²) < 4.78 is 5.60. The van der Waals surface area contributed by atoms with E-state index in [1.807, 2.05) is 31.2 Å². The highest BCUT2D eigenvalue weighted by atomic mass is 32.2. The summed E-state index contributed by atoms with van der Waals surface area (Å²) in [7, 11) is 0. The average molecular weight is 303 g/mol. The van der Waals surface area contributed by atoms with Crippen LogP contribution in [-0.2, 0) is 4.79 Å². The van der Waals surface area contributed by atoms with Crippen LogP contribution in [0.1, 0.15) is 18.4 Å². The first-order chi connectivity index (χ1) is 10.2. The van der Waals surface area contributed by atoms with E-state index >= 15 is 0 Å². The van der Waals surface area contributed by atoms with E-state index in [0.717, 1.165) is 17.7 Å². The molecule has 0 spiro atoms. The minimum absolute atomic E-state index is 0.0162. The summed E-state index contributed by atoms with van der Waals surface area (Å²) in [5.41, 5.74) is 2.01. The second-order valence-electron chi connectivity index (χ2n) is 5.22. The highest BCUT2D eigenvalue weighted by molar-refractivity contribution is 7.99. The van der Waals surface area contributed by atoms with Crippen molar-refractivity contribution in [2.75, 3.05) is 12.3 Å². The summed E-state index contributed by atoms with van der Waals surface area (Å²) in [6.07, 6.45) is 2.47. The van der Waals surface area contributed by atoms with E-state index in [0.29, 0.717) is 22.8 Å². The fourth-order valence-corrected chi connectivity index (χ4v) is 2.54. The Balaban J connectivity index is 1.55. The van der Waals surface area contributed by atoms with E-state index in [1.165, 1.54) is 24.6 Å². The molecule has 3 rings (SSSR count). The van der Waals surface area contributed by atoms with Gasteiger partial charge in [0.2, 0.25) is 11.8 Å². The molecular weight excluding hydrogens is 286 g/mol. The number of carbonyl (C=O) groups is 1. The molecule has 1 N–H and O–H groups in total. The van der Waals surface area contributed by atoms with Crippen LogP contribution in [0.4, 0.5) is 0 Å². The van der Waals surface area contributed by atoms with Crippen molar-refractivity contribution in [3.8, 4) is 11.5 Å². The van der Waals surface area contributed by atoms with Crippen LogP contribution in [0, 0.1) is 12.8 Å². The summed E-state index contributed by atoms with van der Waals surface area (Å²) in [6, 6.07) is 7.84.